The minimum atomic E-state index is 0.0751. The maximum absolute atomic E-state index is 9.09. The molecule has 0 bridgehead atoms. The Kier molecular flexibility index (Phi) is 4.66. The van der Waals surface area contributed by atoms with Gasteiger partial charge in [0.25, 0.3) is 0 Å². The number of aromatic nitrogens is 3. The molecule has 0 spiro atoms. The number of rotatable bonds is 5. The van der Waals surface area contributed by atoms with Crippen LogP contribution in [0.1, 0.15) is 0 Å². The third-order valence-electron chi connectivity index (χ3n) is 2.83. The van der Waals surface area contributed by atoms with Gasteiger partial charge in [0.15, 0.2) is 16.7 Å². The molecule has 1 aromatic carbocycles. The van der Waals surface area contributed by atoms with Crippen molar-refractivity contribution >= 4 is 35.0 Å². The molecular weight excluding hydrogens is 357 g/mol. The number of aromatic amines is 1. The number of nitrogens with zero attached hydrogens (tertiary/aromatic N) is 2. The third kappa shape index (κ3) is 3.90. The average molecular weight is 368 g/mol. The number of aliphatic hydroxyl groups excluding tert-OH is 1. The average Bonchev–Trinajstić information content (AvgIpc) is 3.13. The van der Waals surface area contributed by atoms with Gasteiger partial charge in [0.05, 0.1) is 11.5 Å². The Balaban J connectivity index is 1.83. The SMILES string of the molecule is C=C(O)CSc1nnc(-c2ccc(-c3cc(Cl)cc(Cl)c3)o2)[nH]1. The van der Waals surface area contributed by atoms with Crippen LogP contribution in [0.3, 0.4) is 0 Å². The third-order valence-corrected chi connectivity index (χ3v) is 4.20. The monoisotopic (exact) mass is 367 g/mol. The van der Waals surface area contributed by atoms with Crippen LogP contribution in [0.25, 0.3) is 22.9 Å². The van der Waals surface area contributed by atoms with Crippen molar-refractivity contribution in [2.75, 3.05) is 5.75 Å². The summed E-state index contributed by atoms with van der Waals surface area (Å²) in [5.74, 6) is 2.08. The Morgan fingerprint density at radius 2 is 1.87 bits per heavy atom. The van der Waals surface area contributed by atoms with E-state index in [9.17, 15) is 0 Å². The second-order valence-corrected chi connectivity index (χ2v) is 6.49. The van der Waals surface area contributed by atoms with Crippen molar-refractivity contribution in [2.45, 2.75) is 5.16 Å². The van der Waals surface area contributed by atoms with Crippen LogP contribution in [0.4, 0.5) is 0 Å². The molecule has 0 saturated heterocycles. The highest BCUT2D eigenvalue weighted by Gasteiger charge is 2.12. The van der Waals surface area contributed by atoms with Crippen LogP contribution in [0.15, 0.2) is 52.2 Å². The first-order valence-corrected chi connectivity index (χ1v) is 8.24. The van der Waals surface area contributed by atoms with Crippen molar-refractivity contribution in [1.29, 1.82) is 0 Å². The van der Waals surface area contributed by atoms with Crippen LogP contribution in [-0.2, 0) is 0 Å². The highest BCUT2D eigenvalue weighted by Crippen LogP contribution is 2.31. The number of H-pyrrole nitrogens is 1. The second kappa shape index (κ2) is 6.70. The van der Waals surface area contributed by atoms with Gasteiger partial charge in [-0.15, -0.1) is 10.2 Å². The number of halogens is 2. The first kappa shape index (κ1) is 16.0. The number of hydrogen-bond donors (Lipinski definition) is 2. The van der Waals surface area contributed by atoms with Gasteiger partial charge in [0.2, 0.25) is 0 Å². The summed E-state index contributed by atoms with van der Waals surface area (Å²) in [5, 5.41) is 18.7. The summed E-state index contributed by atoms with van der Waals surface area (Å²) in [6, 6.07) is 8.78. The number of hydrogen-bond acceptors (Lipinski definition) is 5. The highest BCUT2D eigenvalue weighted by molar-refractivity contribution is 7.99. The lowest BCUT2D eigenvalue weighted by Crippen LogP contribution is -1.83. The van der Waals surface area contributed by atoms with E-state index in [0.29, 0.717) is 38.3 Å². The van der Waals surface area contributed by atoms with E-state index >= 15 is 0 Å². The molecule has 2 aromatic heterocycles. The van der Waals surface area contributed by atoms with E-state index < -0.39 is 0 Å². The van der Waals surface area contributed by atoms with Crippen molar-refractivity contribution in [3.63, 3.8) is 0 Å². The van der Waals surface area contributed by atoms with Crippen molar-refractivity contribution < 1.29 is 9.52 Å². The summed E-state index contributed by atoms with van der Waals surface area (Å²) in [7, 11) is 0. The van der Waals surface area contributed by atoms with Crippen molar-refractivity contribution in [3.8, 4) is 22.9 Å². The molecule has 0 aliphatic heterocycles. The predicted octanol–water partition coefficient (Wildman–Crippen LogP) is 5.20. The highest BCUT2D eigenvalue weighted by atomic mass is 35.5. The van der Waals surface area contributed by atoms with E-state index in [1.807, 2.05) is 6.07 Å². The number of benzene rings is 1. The molecule has 0 aliphatic carbocycles. The fourth-order valence-corrected chi connectivity index (χ4v) is 2.99. The Morgan fingerprint density at radius 3 is 2.57 bits per heavy atom. The minimum absolute atomic E-state index is 0.0751. The zero-order valence-electron chi connectivity index (χ0n) is 11.7. The standard InChI is InChI=1S/C15H11Cl2N3O2S/c1-8(21)7-23-15-18-14(19-20-15)13-3-2-12(22-13)9-4-10(16)6-11(17)5-9/h2-6,21H,1,7H2,(H,18,19,20). The summed E-state index contributed by atoms with van der Waals surface area (Å²) >= 11 is 13.3. The lowest BCUT2D eigenvalue weighted by atomic mass is 10.2. The number of thioether (sulfide) groups is 1. The van der Waals surface area contributed by atoms with Crippen molar-refractivity contribution in [1.82, 2.24) is 15.2 Å². The van der Waals surface area contributed by atoms with E-state index in [2.05, 4.69) is 21.8 Å². The number of furan rings is 1. The maximum Gasteiger partial charge on any atom is 0.197 e. The summed E-state index contributed by atoms with van der Waals surface area (Å²) in [6.45, 7) is 3.42. The molecule has 2 heterocycles. The lowest BCUT2D eigenvalue weighted by molar-refractivity contribution is 0.420. The molecule has 0 aliphatic rings. The molecule has 23 heavy (non-hydrogen) atoms. The topological polar surface area (TPSA) is 74.9 Å². The summed E-state index contributed by atoms with van der Waals surface area (Å²) < 4.78 is 5.78. The Bertz CT molecular complexity index is 840. The largest absolute Gasteiger partial charge is 0.512 e. The van der Waals surface area contributed by atoms with Gasteiger partial charge >= 0.3 is 0 Å². The Hall–Kier alpha value is -1.89. The molecule has 0 radical (unpaired) electrons. The molecule has 3 rings (SSSR count). The Morgan fingerprint density at radius 1 is 1.17 bits per heavy atom. The first-order valence-electron chi connectivity index (χ1n) is 6.50. The van der Waals surface area contributed by atoms with Gasteiger partial charge in [-0.2, -0.15) is 0 Å². The van der Waals surface area contributed by atoms with E-state index in [1.165, 1.54) is 11.8 Å². The minimum Gasteiger partial charge on any atom is -0.512 e. The van der Waals surface area contributed by atoms with Crippen LogP contribution in [-0.4, -0.2) is 26.0 Å². The molecule has 2 N–H and O–H groups in total. The van der Waals surface area contributed by atoms with Crippen LogP contribution < -0.4 is 0 Å². The molecule has 3 aromatic rings. The maximum atomic E-state index is 9.09. The van der Waals surface area contributed by atoms with Gasteiger partial charge in [-0.1, -0.05) is 41.5 Å². The molecule has 0 fully saturated rings. The zero-order chi connectivity index (χ0) is 16.4. The van der Waals surface area contributed by atoms with Crippen LogP contribution in [0.2, 0.25) is 10.0 Å². The smallest absolute Gasteiger partial charge is 0.197 e. The molecule has 5 nitrogen and oxygen atoms in total. The molecular formula is C15H11Cl2N3O2S. The van der Waals surface area contributed by atoms with Crippen molar-refractivity contribution in [3.05, 3.63) is 52.7 Å². The van der Waals surface area contributed by atoms with Gasteiger partial charge in [-0.3, -0.25) is 0 Å². The fraction of sp³-hybridized carbons (Fsp3) is 0.0667. The summed E-state index contributed by atoms with van der Waals surface area (Å²) in [4.78, 5) is 3.02. The van der Waals surface area contributed by atoms with Gasteiger partial charge in [-0.25, -0.2) is 0 Å². The second-order valence-electron chi connectivity index (χ2n) is 4.66. The molecule has 0 unspecified atom stereocenters. The molecule has 0 saturated carbocycles. The first-order chi connectivity index (χ1) is 11.0. The summed E-state index contributed by atoms with van der Waals surface area (Å²) in [5.41, 5.74) is 0.777. The fourth-order valence-electron chi connectivity index (χ4n) is 1.89. The van der Waals surface area contributed by atoms with E-state index in [1.54, 1.807) is 24.3 Å². The number of aliphatic hydroxyl groups is 1. The summed E-state index contributed by atoms with van der Waals surface area (Å²) in [6.07, 6.45) is 0. The lowest BCUT2D eigenvalue weighted by Gasteiger charge is -1.99. The number of nitrogens with one attached hydrogen (secondary N) is 1. The molecule has 8 heteroatoms. The van der Waals surface area contributed by atoms with E-state index in [-0.39, 0.29) is 5.76 Å². The quantitative estimate of drug-likeness (QED) is 0.478. The predicted molar refractivity (Wildman–Crippen MR) is 92.0 cm³/mol. The van der Waals surface area contributed by atoms with Gasteiger partial charge in [0, 0.05) is 15.6 Å². The van der Waals surface area contributed by atoms with E-state index in [4.69, 9.17) is 32.7 Å². The van der Waals surface area contributed by atoms with Crippen LogP contribution >= 0.6 is 35.0 Å². The Labute approximate surface area is 146 Å². The molecule has 118 valence electrons. The molecule has 0 atom stereocenters. The van der Waals surface area contributed by atoms with Gasteiger partial charge < -0.3 is 14.5 Å². The van der Waals surface area contributed by atoms with Crippen LogP contribution in [0, 0.1) is 0 Å². The van der Waals surface area contributed by atoms with Crippen LogP contribution in [0.5, 0.6) is 0 Å². The van der Waals surface area contributed by atoms with Gasteiger partial charge in [-0.05, 0) is 30.3 Å². The van der Waals surface area contributed by atoms with Gasteiger partial charge in [0.1, 0.15) is 5.76 Å². The van der Waals surface area contributed by atoms with E-state index in [0.717, 1.165) is 5.56 Å². The van der Waals surface area contributed by atoms with Crippen molar-refractivity contribution in [2.24, 2.45) is 0 Å². The zero-order valence-corrected chi connectivity index (χ0v) is 14.0. The normalized spacial score (nSPS) is 10.9. The molecule has 0 amide bonds.